The number of amides is 1. The van der Waals surface area contributed by atoms with E-state index in [1.54, 1.807) is 16.9 Å². The number of para-hydroxylation sites is 1. The summed E-state index contributed by atoms with van der Waals surface area (Å²) >= 11 is 6.17. The van der Waals surface area contributed by atoms with E-state index in [1.807, 2.05) is 31.3 Å². The molecule has 3 aromatic rings. The van der Waals surface area contributed by atoms with Crippen molar-refractivity contribution in [3.05, 3.63) is 80.5 Å². The van der Waals surface area contributed by atoms with Gasteiger partial charge in [0.2, 0.25) is 0 Å². The van der Waals surface area contributed by atoms with Crippen LogP contribution in [0.4, 0.5) is 0 Å². The van der Waals surface area contributed by atoms with Gasteiger partial charge in [-0.25, -0.2) is 4.68 Å². The number of carbonyl (C=O) groups is 1. The van der Waals surface area contributed by atoms with Gasteiger partial charge in [-0.05, 0) is 30.8 Å². The minimum atomic E-state index is -0.299. The van der Waals surface area contributed by atoms with E-state index in [2.05, 4.69) is 20.3 Å². The lowest BCUT2D eigenvalue weighted by molar-refractivity contribution is 0.0950. The maximum absolute atomic E-state index is 12.5. The van der Waals surface area contributed by atoms with Gasteiger partial charge in [0.25, 0.3) is 11.5 Å². The number of carbonyl (C=O) groups excluding carboxylic acids is 1. The summed E-state index contributed by atoms with van der Waals surface area (Å²) in [5, 5.41) is 7.54. The number of aromatic amines is 1. The van der Waals surface area contributed by atoms with E-state index >= 15 is 0 Å². The largest absolute Gasteiger partial charge is 0.348 e. The number of nitrogens with one attached hydrogen (secondary N) is 2. The Labute approximate surface area is 166 Å². The van der Waals surface area contributed by atoms with Gasteiger partial charge in [0.05, 0.1) is 22.5 Å². The number of halogens is 1. The molecular formula is C20H20ClN5O2. The summed E-state index contributed by atoms with van der Waals surface area (Å²) in [6.07, 6.45) is 3.92. The molecule has 1 amide bonds. The lowest BCUT2D eigenvalue weighted by atomic mass is 10.0. The summed E-state index contributed by atoms with van der Waals surface area (Å²) in [5.41, 5.74) is 3.56. The Hall–Kier alpha value is -2.90. The second-order valence-corrected chi connectivity index (χ2v) is 7.33. The van der Waals surface area contributed by atoms with E-state index in [1.165, 1.54) is 6.20 Å². The van der Waals surface area contributed by atoms with Gasteiger partial charge in [-0.1, -0.05) is 23.7 Å². The van der Waals surface area contributed by atoms with Gasteiger partial charge in [0.15, 0.2) is 0 Å². The molecule has 0 saturated heterocycles. The van der Waals surface area contributed by atoms with Crippen molar-refractivity contribution in [2.75, 3.05) is 13.6 Å². The van der Waals surface area contributed by atoms with Crippen LogP contribution in [0.1, 0.15) is 27.2 Å². The topological polar surface area (TPSA) is 83.0 Å². The SMILES string of the molecule is CN1CCc2[nH]c(=O)c(CNC(=O)c3cnn(-c4ccccc4Cl)c3)cc2C1. The number of rotatable bonds is 4. The minimum Gasteiger partial charge on any atom is -0.348 e. The number of benzene rings is 1. The van der Waals surface area contributed by atoms with Crippen LogP contribution in [0, 0.1) is 0 Å². The van der Waals surface area contributed by atoms with Crippen LogP contribution in [0.2, 0.25) is 5.02 Å². The molecule has 0 radical (unpaired) electrons. The molecule has 2 aromatic heterocycles. The average Bonchev–Trinajstić information content (AvgIpc) is 3.17. The molecule has 0 aliphatic carbocycles. The molecule has 2 N–H and O–H groups in total. The fourth-order valence-corrected chi connectivity index (χ4v) is 3.54. The van der Waals surface area contributed by atoms with Crippen molar-refractivity contribution in [2.24, 2.45) is 0 Å². The van der Waals surface area contributed by atoms with Crippen LogP contribution in [-0.4, -0.2) is 39.2 Å². The van der Waals surface area contributed by atoms with Crippen LogP contribution < -0.4 is 10.9 Å². The highest BCUT2D eigenvalue weighted by atomic mass is 35.5. The van der Waals surface area contributed by atoms with Crippen molar-refractivity contribution < 1.29 is 4.79 Å². The Morgan fingerprint density at radius 3 is 3.00 bits per heavy atom. The molecule has 0 unspecified atom stereocenters. The predicted octanol–water partition coefficient (Wildman–Crippen LogP) is 2.13. The Balaban J connectivity index is 1.48. The molecule has 28 heavy (non-hydrogen) atoms. The van der Waals surface area contributed by atoms with Crippen LogP contribution in [-0.2, 0) is 19.5 Å². The van der Waals surface area contributed by atoms with Crippen LogP contribution in [0.15, 0.2) is 47.5 Å². The van der Waals surface area contributed by atoms with Crippen LogP contribution >= 0.6 is 11.6 Å². The molecule has 8 heteroatoms. The number of aromatic nitrogens is 3. The lowest BCUT2D eigenvalue weighted by Gasteiger charge is -2.24. The summed E-state index contributed by atoms with van der Waals surface area (Å²) in [6.45, 7) is 1.87. The zero-order valence-electron chi connectivity index (χ0n) is 15.4. The van der Waals surface area contributed by atoms with E-state index in [-0.39, 0.29) is 18.0 Å². The molecule has 3 heterocycles. The van der Waals surface area contributed by atoms with Gasteiger partial charge in [0.1, 0.15) is 0 Å². The zero-order valence-corrected chi connectivity index (χ0v) is 16.2. The van der Waals surface area contributed by atoms with E-state index in [0.29, 0.717) is 21.8 Å². The Bertz CT molecular complexity index is 1090. The third-order valence-corrected chi connectivity index (χ3v) is 5.18. The van der Waals surface area contributed by atoms with Crippen LogP contribution in [0.25, 0.3) is 5.69 Å². The second-order valence-electron chi connectivity index (χ2n) is 6.92. The molecule has 4 rings (SSSR count). The summed E-state index contributed by atoms with van der Waals surface area (Å²) in [6, 6.07) is 9.15. The number of hydrogen-bond donors (Lipinski definition) is 2. The van der Waals surface area contributed by atoms with Crippen molar-refractivity contribution in [1.82, 2.24) is 25.0 Å². The molecule has 7 nitrogen and oxygen atoms in total. The standard InChI is InChI=1S/C20H20ClN5O2/c1-25-7-6-17-14(11-25)8-13(20(28)24-17)9-22-19(27)15-10-23-26(12-15)18-5-3-2-4-16(18)21/h2-5,8,10,12H,6-7,9,11H2,1H3,(H,22,27)(H,24,28). The van der Waals surface area contributed by atoms with Crippen molar-refractivity contribution >= 4 is 17.5 Å². The first-order valence-electron chi connectivity index (χ1n) is 9.01. The molecule has 0 saturated carbocycles. The smallest absolute Gasteiger partial charge is 0.254 e. The van der Waals surface area contributed by atoms with Crippen LogP contribution in [0.3, 0.4) is 0 Å². The third kappa shape index (κ3) is 3.72. The molecule has 1 aliphatic heterocycles. The quantitative estimate of drug-likeness (QED) is 0.706. The highest BCUT2D eigenvalue weighted by Gasteiger charge is 2.17. The maximum Gasteiger partial charge on any atom is 0.254 e. The fourth-order valence-electron chi connectivity index (χ4n) is 3.32. The number of pyridine rings is 1. The number of nitrogens with zero attached hydrogens (tertiary/aromatic N) is 3. The minimum absolute atomic E-state index is 0.155. The number of likely N-dealkylation sites (N-methyl/N-ethyl adjacent to an activating group) is 1. The van der Waals surface area contributed by atoms with E-state index in [9.17, 15) is 9.59 Å². The van der Waals surface area contributed by atoms with Crippen molar-refractivity contribution in [3.63, 3.8) is 0 Å². The molecule has 0 bridgehead atoms. The van der Waals surface area contributed by atoms with Gasteiger partial charge < -0.3 is 15.2 Å². The molecule has 0 atom stereocenters. The van der Waals surface area contributed by atoms with E-state index < -0.39 is 0 Å². The summed E-state index contributed by atoms with van der Waals surface area (Å²) in [4.78, 5) is 29.9. The summed E-state index contributed by atoms with van der Waals surface area (Å²) in [7, 11) is 2.05. The Kier molecular flexibility index (Phi) is 5.02. The van der Waals surface area contributed by atoms with Crippen molar-refractivity contribution in [3.8, 4) is 5.69 Å². The van der Waals surface area contributed by atoms with E-state index in [0.717, 1.165) is 30.8 Å². The van der Waals surface area contributed by atoms with Crippen LogP contribution in [0.5, 0.6) is 0 Å². The van der Waals surface area contributed by atoms with Gasteiger partial charge in [-0.15, -0.1) is 0 Å². The molecule has 1 aliphatic rings. The molecular weight excluding hydrogens is 378 g/mol. The Morgan fingerprint density at radius 2 is 2.18 bits per heavy atom. The van der Waals surface area contributed by atoms with Crippen molar-refractivity contribution in [2.45, 2.75) is 19.5 Å². The molecule has 144 valence electrons. The fraction of sp³-hybridized carbons (Fsp3) is 0.250. The first-order chi connectivity index (χ1) is 13.5. The highest BCUT2D eigenvalue weighted by Crippen LogP contribution is 2.19. The maximum atomic E-state index is 12.5. The van der Waals surface area contributed by atoms with Gasteiger partial charge in [0, 0.05) is 43.5 Å². The number of H-pyrrole nitrogens is 1. The number of fused-ring (bicyclic) bond motifs is 1. The van der Waals surface area contributed by atoms with Crippen molar-refractivity contribution in [1.29, 1.82) is 0 Å². The zero-order chi connectivity index (χ0) is 19.7. The molecule has 0 spiro atoms. The number of hydrogen-bond acceptors (Lipinski definition) is 4. The first-order valence-corrected chi connectivity index (χ1v) is 9.39. The third-order valence-electron chi connectivity index (χ3n) is 4.86. The summed E-state index contributed by atoms with van der Waals surface area (Å²) < 4.78 is 1.55. The average molecular weight is 398 g/mol. The van der Waals surface area contributed by atoms with Gasteiger partial charge in [-0.2, -0.15) is 5.10 Å². The Morgan fingerprint density at radius 1 is 1.36 bits per heavy atom. The second kappa shape index (κ2) is 7.61. The van der Waals surface area contributed by atoms with Gasteiger partial charge in [-0.3, -0.25) is 9.59 Å². The summed E-state index contributed by atoms with van der Waals surface area (Å²) in [5.74, 6) is -0.299. The predicted molar refractivity (Wildman–Crippen MR) is 107 cm³/mol. The van der Waals surface area contributed by atoms with Gasteiger partial charge >= 0.3 is 0 Å². The molecule has 1 aromatic carbocycles. The first kappa shape index (κ1) is 18.5. The highest BCUT2D eigenvalue weighted by molar-refractivity contribution is 6.32. The normalized spacial score (nSPS) is 13.9. The lowest BCUT2D eigenvalue weighted by Crippen LogP contribution is -2.32. The molecule has 0 fully saturated rings. The van der Waals surface area contributed by atoms with E-state index in [4.69, 9.17) is 11.6 Å². The monoisotopic (exact) mass is 397 g/mol.